The Hall–Kier alpha value is -3.47. The van der Waals surface area contributed by atoms with Crippen LogP contribution in [0.1, 0.15) is 70.3 Å². The van der Waals surface area contributed by atoms with Crippen molar-refractivity contribution in [2.45, 2.75) is 64.7 Å². The van der Waals surface area contributed by atoms with Gasteiger partial charge in [0, 0.05) is 49.9 Å². The summed E-state index contributed by atoms with van der Waals surface area (Å²) in [7, 11) is 0. The number of carbonyl (C=O) groups excluding carboxylic acids is 5. The molecule has 1 aromatic rings. The number of fused-ring (bicyclic) bond motifs is 1. The monoisotopic (exact) mass is 516 g/mol. The van der Waals surface area contributed by atoms with E-state index in [2.05, 4.69) is 29.4 Å². The van der Waals surface area contributed by atoms with Gasteiger partial charge in [-0.15, -0.1) is 5.06 Å². The van der Waals surface area contributed by atoms with Gasteiger partial charge in [-0.2, -0.15) is 0 Å². The largest absolute Gasteiger partial charge is 0.494 e. The summed E-state index contributed by atoms with van der Waals surface area (Å²) in [6.45, 7) is 8.25. The van der Waals surface area contributed by atoms with Crippen molar-refractivity contribution in [1.29, 1.82) is 0 Å². The maximum absolute atomic E-state index is 12.3. The van der Waals surface area contributed by atoms with Gasteiger partial charge in [0.25, 0.3) is 11.8 Å². The Bertz CT molecular complexity index is 993. The molecule has 1 saturated heterocycles. The number of hydroxylamine groups is 2. The molecule has 1 atom stereocenters. The maximum Gasteiger partial charge on any atom is 0.333 e. The molecule has 0 aliphatic carbocycles. The number of hydrogen-bond donors (Lipinski definition) is 2. The number of benzene rings is 1. The van der Waals surface area contributed by atoms with Crippen LogP contribution < -0.4 is 15.4 Å². The highest BCUT2D eigenvalue weighted by Gasteiger charge is 2.33. The number of nitrogens with one attached hydrogen (secondary N) is 2. The van der Waals surface area contributed by atoms with Crippen LogP contribution in [0.3, 0.4) is 0 Å². The number of amides is 4. The summed E-state index contributed by atoms with van der Waals surface area (Å²) in [4.78, 5) is 66.6. The van der Waals surface area contributed by atoms with Crippen LogP contribution >= 0.6 is 0 Å². The molecule has 0 bridgehead atoms. The van der Waals surface area contributed by atoms with E-state index in [9.17, 15) is 24.0 Å². The molecule has 0 radical (unpaired) electrons. The smallest absolute Gasteiger partial charge is 0.333 e. The number of nitrogens with zero attached hydrogens (tertiary/aromatic N) is 2. The Labute approximate surface area is 216 Å². The van der Waals surface area contributed by atoms with Gasteiger partial charge in [0.1, 0.15) is 5.75 Å². The quantitative estimate of drug-likeness (QED) is 0.284. The van der Waals surface area contributed by atoms with E-state index in [1.54, 1.807) is 0 Å². The van der Waals surface area contributed by atoms with Crippen molar-refractivity contribution in [2.24, 2.45) is 0 Å². The number of anilines is 1. The minimum Gasteiger partial charge on any atom is -0.494 e. The van der Waals surface area contributed by atoms with Crippen LogP contribution in [0.5, 0.6) is 5.75 Å². The zero-order valence-corrected chi connectivity index (χ0v) is 21.5. The zero-order chi connectivity index (χ0) is 26.8. The lowest BCUT2D eigenvalue weighted by Gasteiger charge is -2.26. The van der Waals surface area contributed by atoms with Gasteiger partial charge >= 0.3 is 5.97 Å². The van der Waals surface area contributed by atoms with Crippen LogP contribution in [0.2, 0.25) is 0 Å². The summed E-state index contributed by atoms with van der Waals surface area (Å²) < 4.78 is 5.88. The third-order valence-electron chi connectivity index (χ3n) is 6.50. The first kappa shape index (κ1) is 28.1. The summed E-state index contributed by atoms with van der Waals surface area (Å²) in [5.74, 6) is -2.05. The molecule has 202 valence electrons. The third-order valence-corrected chi connectivity index (χ3v) is 6.50. The van der Waals surface area contributed by atoms with E-state index in [1.807, 2.05) is 18.2 Å². The molecule has 2 aliphatic rings. The standard InChI is InChI=1S/C26H36N4O7/c1-3-29(4-2)13-5-6-14-36-19-7-8-20-18(15-23(32)28-21(20)16-19)17-27-22(31)9-12-26(35)37-30-24(33)10-11-25(30)34/h7-8,16,18H,3-6,9-15,17H2,1-2H3,(H,27,31)(H,28,32). The fraction of sp³-hybridized carbons (Fsp3) is 0.577. The highest BCUT2D eigenvalue weighted by molar-refractivity contribution is 6.01. The first-order valence-electron chi connectivity index (χ1n) is 12.9. The lowest BCUT2D eigenvalue weighted by Crippen LogP contribution is -2.34. The number of hydrogen-bond acceptors (Lipinski definition) is 8. The van der Waals surface area contributed by atoms with Gasteiger partial charge in [-0.3, -0.25) is 19.2 Å². The predicted octanol–water partition coefficient (Wildman–Crippen LogP) is 2.12. The Morgan fingerprint density at radius 2 is 1.81 bits per heavy atom. The van der Waals surface area contributed by atoms with E-state index in [0.717, 1.165) is 38.0 Å². The van der Waals surface area contributed by atoms with Gasteiger partial charge in [0.05, 0.1) is 13.0 Å². The molecule has 3 rings (SSSR count). The Kier molecular flexibility index (Phi) is 10.4. The molecule has 4 amide bonds. The Morgan fingerprint density at radius 3 is 2.51 bits per heavy atom. The molecule has 1 unspecified atom stereocenters. The van der Waals surface area contributed by atoms with Crippen molar-refractivity contribution in [2.75, 3.05) is 38.1 Å². The van der Waals surface area contributed by atoms with Gasteiger partial charge in [0.15, 0.2) is 0 Å². The van der Waals surface area contributed by atoms with Crippen molar-refractivity contribution in [3.05, 3.63) is 23.8 Å². The lowest BCUT2D eigenvalue weighted by molar-refractivity contribution is -0.197. The van der Waals surface area contributed by atoms with Crippen molar-refractivity contribution >= 4 is 35.3 Å². The molecule has 0 saturated carbocycles. The molecule has 1 fully saturated rings. The van der Waals surface area contributed by atoms with Crippen molar-refractivity contribution in [3.63, 3.8) is 0 Å². The topological polar surface area (TPSA) is 134 Å². The summed E-state index contributed by atoms with van der Waals surface area (Å²) in [6, 6.07) is 5.58. The van der Waals surface area contributed by atoms with E-state index in [4.69, 9.17) is 9.57 Å². The normalized spacial score (nSPS) is 17.0. The van der Waals surface area contributed by atoms with Crippen LogP contribution in [-0.2, 0) is 28.8 Å². The van der Waals surface area contributed by atoms with Crippen molar-refractivity contribution in [1.82, 2.24) is 15.3 Å². The minimum atomic E-state index is -0.832. The highest BCUT2D eigenvalue weighted by Crippen LogP contribution is 2.34. The molecule has 0 aromatic heterocycles. The molecule has 2 heterocycles. The highest BCUT2D eigenvalue weighted by atomic mass is 16.7. The summed E-state index contributed by atoms with van der Waals surface area (Å²) in [5, 5.41) is 6.08. The molecule has 37 heavy (non-hydrogen) atoms. The van der Waals surface area contributed by atoms with E-state index in [-0.39, 0.29) is 50.5 Å². The number of carbonyl (C=O) groups is 5. The fourth-order valence-corrected chi connectivity index (χ4v) is 4.32. The molecule has 2 aliphatic heterocycles. The van der Waals surface area contributed by atoms with Crippen molar-refractivity contribution in [3.8, 4) is 5.75 Å². The molecular formula is C26H36N4O7. The van der Waals surface area contributed by atoms with E-state index >= 15 is 0 Å². The van der Waals surface area contributed by atoms with Gasteiger partial charge in [0.2, 0.25) is 11.8 Å². The molecule has 1 aromatic carbocycles. The Morgan fingerprint density at radius 1 is 1.08 bits per heavy atom. The van der Waals surface area contributed by atoms with Crippen LogP contribution in [-0.4, -0.2) is 72.3 Å². The molecule has 11 nitrogen and oxygen atoms in total. The summed E-state index contributed by atoms with van der Waals surface area (Å²) in [6.07, 6.45) is 1.79. The second-order valence-electron chi connectivity index (χ2n) is 9.13. The fourth-order valence-electron chi connectivity index (χ4n) is 4.32. The van der Waals surface area contributed by atoms with E-state index in [1.165, 1.54) is 0 Å². The summed E-state index contributed by atoms with van der Waals surface area (Å²) >= 11 is 0. The van der Waals surface area contributed by atoms with Gasteiger partial charge in [-0.25, -0.2) is 4.79 Å². The molecule has 0 spiro atoms. The second-order valence-corrected chi connectivity index (χ2v) is 9.13. The number of ether oxygens (including phenoxy) is 1. The third kappa shape index (κ3) is 8.28. The lowest BCUT2D eigenvalue weighted by atomic mass is 9.90. The molecule has 11 heteroatoms. The first-order chi connectivity index (χ1) is 17.8. The summed E-state index contributed by atoms with van der Waals surface area (Å²) in [5.41, 5.74) is 1.57. The predicted molar refractivity (Wildman–Crippen MR) is 134 cm³/mol. The van der Waals surface area contributed by atoms with Crippen molar-refractivity contribution < 1.29 is 33.5 Å². The van der Waals surface area contributed by atoms with Gasteiger partial charge in [-0.05, 0) is 44.1 Å². The van der Waals surface area contributed by atoms with Gasteiger partial charge in [-0.1, -0.05) is 19.9 Å². The van der Waals surface area contributed by atoms with Crippen LogP contribution in [0.4, 0.5) is 5.69 Å². The number of rotatable bonds is 14. The first-order valence-corrected chi connectivity index (χ1v) is 12.9. The average Bonchev–Trinajstić information content (AvgIpc) is 3.19. The number of unbranched alkanes of at least 4 members (excludes halogenated alkanes) is 1. The maximum atomic E-state index is 12.3. The van der Waals surface area contributed by atoms with E-state index in [0.29, 0.717) is 23.1 Å². The molecule has 2 N–H and O–H groups in total. The Balaban J connectivity index is 1.43. The van der Waals surface area contributed by atoms with E-state index < -0.39 is 23.7 Å². The number of imide groups is 1. The van der Waals surface area contributed by atoms with Gasteiger partial charge < -0.3 is 25.1 Å². The minimum absolute atomic E-state index is 0.00755. The average molecular weight is 517 g/mol. The SMILES string of the molecule is CCN(CC)CCCCOc1ccc2c(c1)NC(=O)CC2CNC(=O)CCC(=O)ON1C(=O)CCC1=O. The molecular weight excluding hydrogens is 480 g/mol. The second kappa shape index (κ2) is 13.7. The van der Waals surface area contributed by atoms with Crippen LogP contribution in [0, 0.1) is 0 Å². The van der Waals surface area contributed by atoms with Crippen LogP contribution in [0.15, 0.2) is 18.2 Å². The zero-order valence-electron chi connectivity index (χ0n) is 21.5. The van der Waals surface area contributed by atoms with Crippen LogP contribution in [0.25, 0.3) is 0 Å².